The van der Waals surface area contributed by atoms with E-state index in [0.717, 1.165) is 23.5 Å². The van der Waals surface area contributed by atoms with Crippen molar-refractivity contribution in [2.24, 2.45) is 0 Å². The molecule has 28 heavy (non-hydrogen) atoms. The molecule has 0 saturated carbocycles. The number of ketones is 1. The maximum atomic E-state index is 13.0. The van der Waals surface area contributed by atoms with Crippen LogP contribution in [0.2, 0.25) is 0 Å². The normalized spacial score (nSPS) is 14.4. The Labute approximate surface area is 164 Å². The van der Waals surface area contributed by atoms with Gasteiger partial charge >= 0.3 is 12.1 Å². The molecule has 0 radical (unpaired) electrons. The summed E-state index contributed by atoms with van der Waals surface area (Å²) in [6, 6.07) is 3.38. The molecule has 150 valence electrons. The van der Waals surface area contributed by atoms with E-state index in [1.54, 1.807) is 39.6 Å². The highest BCUT2D eigenvalue weighted by Crippen LogP contribution is 2.44. The van der Waals surface area contributed by atoms with Crippen molar-refractivity contribution in [1.82, 2.24) is 0 Å². The van der Waals surface area contributed by atoms with Crippen LogP contribution in [0.25, 0.3) is 0 Å². The van der Waals surface area contributed by atoms with Crippen molar-refractivity contribution in [2.45, 2.75) is 45.9 Å². The first-order valence-corrected chi connectivity index (χ1v) is 9.45. The summed E-state index contributed by atoms with van der Waals surface area (Å²) < 4.78 is 44.6. The van der Waals surface area contributed by atoms with Crippen molar-refractivity contribution < 1.29 is 27.5 Å². The number of fused-ring (bicyclic) bond motifs is 2. The van der Waals surface area contributed by atoms with Gasteiger partial charge in [-0.25, -0.2) is 4.79 Å². The summed E-state index contributed by atoms with van der Waals surface area (Å²) in [7, 11) is 1.68. The number of rotatable bonds is 1. The predicted octanol–water partition coefficient (Wildman–Crippen LogP) is 5.54. The van der Waals surface area contributed by atoms with Gasteiger partial charge in [0.1, 0.15) is 15.5 Å². The van der Waals surface area contributed by atoms with E-state index in [9.17, 15) is 22.8 Å². The first-order valence-electron chi connectivity index (χ1n) is 8.63. The van der Waals surface area contributed by atoms with Gasteiger partial charge in [0.25, 0.3) is 0 Å². The van der Waals surface area contributed by atoms with Crippen molar-refractivity contribution in [3.05, 3.63) is 45.3 Å². The van der Waals surface area contributed by atoms with Crippen LogP contribution in [-0.4, -0.2) is 24.4 Å². The van der Waals surface area contributed by atoms with Crippen LogP contribution in [0.4, 0.5) is 23.9 Å². The topological polar surface area (TPSA) is 46.6 Å². The lowest BCUT2D eigenvalue weighted by Crippen LogP contribution is -2.23. The summed E-state index contributed by atoms with van der Waals surface area (Å²) in [6.45, 7) is 6.93. The molecule has 0 amide bonds. The lowest BCUT2D eigenvalue weighted by molar-refractivity contribution is -0.137. The fourth-order valence-electron chi connectivity index (χ4n) is 3.18. The van der Waals surface area contributed by atoms with E-state index < -0.39 is 23.3 Å². The van der Waals surface area contributed by atoms with Gasteiger partial charge < -0.3 is 9.64 Å². The number of anilines is 2. The highest BCUT2D eigenvalue weighted by Gasteiger charge is 2.35. The van der Waals surface area contributed by atoms with E-state index >= 15 is 0 Å². The van der Waals surface area contributed by atoms with Crippen LogP contribution in [0.15, 0.2) is 18.2 Å². The Balaban J connectivity index is 2.09. The van der Waals surface area contributed by atoms with Gasteiger partial charge in [-0.2, -0.15) is 13.2 Å². The number of hydrogen-bond acceptors (Lipinski definition) is 5. The van der Waals surface area contributed by atoms with Crippen molar-refractivity contribution in [2.75, 3.05) is 11.9 Å². The number of Topliss-reactive ketones (excluding diaryl/α,β-unsaturated/α-hetero) is 1. The number of thiophene rings is 1. The van der Waals surface area contributed by atoms with Crippen molar-refractivity contribution in [1.29, 1.82) is 0 Å². The first-order chi connectivity index (χ1) is 12.8. The van der Waals surface area contributed by atoms with Crippen LogP contribution in [-0.2, 0) is 17.3 Å². The van der Waals surface area contributed by atoms with E-state index in [4.69, 9.17) is 4.74 Å². The third-order valence-electron chi connectivity index (χ3n) is 4.42. The minimum atomic E-state index is -4.48. The number of hydrogen-bond donors (Lipinski definition) is 0. The average Bonchev–Trinajstić information content (AvgIpc) is 2.84. The van der Waals surface area contributed by atoms with Gasteiger partial charge in [0.15, 0.2) is 5.78 Å². The number of alkyl halides is 3. The molecule has 0 spiro atoms. The van der Waals surface area contributed by atoms with E-state index in [1.807, 2.05) is 0 Å². The number of carbonyl (C=O) groups is 2. The molecule has 0 N–H and O–H groups in total. The fraction of sp³-hybridized carbons (Fsp3) is 0.400. The lowest BCUT2D eigenvalue weighted by Gasteiger charge is -2.20. The summed E-state index contributed by atoms with van der Waals surface area (Å²) in [4.78, 5) is 27.4. The van der Waals surface area contributed by atoms with Gasteiger partial charge in [-0.05, 0) is 57.0 Å². The Morgan fingerprint density at radius 3 is 2.43 bits per heavy atom. The zero-order valence-electron chi connectivity index (χ0n) is 16.2. The standard InChI is InChI=1S/C20H20F3NO3S/c1-10-15-14(25)9-11-8-12(20(21,22)23)6-7-13(11)24(5)17(15)28-16(10)18(26)27-19(2,3)4/h6-8H,9H2,1-5H3. The molecular formula is C20H20F3NO3S. The second-order valence-electron chi connectivity index (χ2n) is 7.74. The van der Waals surface area contributed by atoms with Crippen molar-refractivity contribution in [3.63, 3.8) is 0 Å². The van der Waals surface area contributed by atoms with Crippen LogP contribution in [0.5, 0.6) is 0 Å². The molecule has 8 heteroatoms. The quantitative estimate of drug-likeness (QED) is 0.579. The Kier molecular flexibility index (Phi) is 4.82. The molecule has 0 saturated heterocycles. The molecule has 1 aromatic heterocycles. The van der Waals surface area contributed by atoms with E-state index in [0.29, 0.717) is 32.3 Å². The van der Waals surface area contributed by atoms with Crippen LogP contribution in [0.1, 0.15) is 57.5 Å². The number of carbonyl (C=O) groups excluding carboxylic acids is 2. The van der Waals surface area contributed by atoms with Crippen LogP contribution in [0, 0.1) is 6.92 Å². The molecule has 0 atom stereocenters. The highest BCUT2D eigenvalue weighted by molar-refractivity contribution is 7.18. The zero-order valence-corrected chi connectivity index (χ0v) is 17.0. The molecule has 2 aromatic rings. The van der Waals surface area contributed by atoms with Crippen molar-refractivity contribution in [3.8, 4) is 0 Å². The Morgan fingerprint density at radius 2 is 1.86 bits per heavy atom. The van der Waals surface area contributed by atoms with Crippen LogP contribution in [0.3, 0.4) is 0 Å². The second kappa shape index (κ2) is 6.62. The van der Waals surface area contributed by atoms with Gasteiger partial charge in [-0.1, -0.05) is 0 Å². The minimum Gasteiger partial charge on any atom is -0.456 e. The molecule has 0 aliphatic carbocycles. The summed E-state index contributed by atoms with van der Waals surface area (Å²) in [5.74, 6) is -0.833. The largest absolute Gasteiger partial charge is 0.456 e. The number of nitrogens with zero attached hydrogens (tertiary/aromatic N) is 1. The predicted molar refractivity (Wildman–Crippen MR) is 102 cm³/mol. The molecule has 1 aliphatic heterocycles. The smallest absolute Gasteiger partial charge is 0.416 e. The lowest BCUT2D eigenvalue weighted by atomic mass is 10.00. The SMILES string of the molecule is Cc1c(C(=O)OC(C)(C)C)sc2c1C(=O)Cc1cc(C(F)(F)F)ccc1N2C. The number of ether oxygens (including phenoxy) is 1. The Bertz CT molecular complexity index is 970. The fourth-order valence-corrected chi connectivity index (χ4v) is 4.36. The molecule has 1 aromatic carbocycles. The third-order valence-corrected chi connectivity index (χ3v) is 5.76. The van der Waals surface area contributed by atoms with Gasteiger partial charge in [-0.3, -0.25) is 4.79 Å². The molecule has 2 heterocycles. The molecule has 0 unspecified atom stereocenters. The maximum absolute atomic E-state index is 13.0. The Morgan fingerprint density at radius 1 is 1.21 bits per heavy atom. The third kappa shape index (κ3) is 3.65. The summed E-state index contributed by atoms with van der Waals surface area (Å²) in [6.07, 6.45) is -4.64. The molecule has 0 bridgehead atoms. The summed E-state index contributed by atoms with van der Waals surface area (Å²) in [5.41, 5.74) is 0.208. The van der Waals surface area contributed by atoms with Crippen LogP contribution >= 0.6 is 11.3 Å². The summed E-state index contributed by atoms with van der Waals surface area (Å²) in [5, 5.41) is 0.530. The van der Waals surface area contributed by atoms with E-state index in [-0.39, 0.29) is 12.2 Å². The zero-order chi connectivity index (χ0) is 21.0. The van der Waals surface area contributed by atoms with Gasteiger partial charge in [0.05, 0.1) is 11.1 Å². The molecular weight excluding hydrogens is 391 g/mol. The van der Waals surface area contributed by atoms with Gasteiger partial charge in [0.2, 0.25) is 0 Å². The number of halogens is 3. The van der Waals surface area contributed by atoms with Crippen LogP contribution < -0.4 is 4.90 Å². The second-order valence-corrected chi connectivity index (χ2v) is 8.74. The van der Waals surface area contributed by atoms with Gasteiger partial charge in [0, 0.05) is 19.2 Å². The summed E-state index contributed by atoms with van der Waals surface area (Å²) >= 11 is 1.12. The maximum Gasteiger partial charge on any atom is 0.416 e. The molecule has 0 fully saturated rings. The van der Waals surface area contributed by atoms with Gasteiger partial charge in [-0.15, -0.1) is 11.3 Å². The van der Waals surface area contributed by atoms with E-state index in [1.165, 1.54) is 6.07 Å². The Hall–Kier alpha value is -2.35. The first kappa shape index (κ1) is 20.4. The number of benzene rings is 1. The average molecular weight is 411 g/mol. The molecule has 1 aliphatic rings. The monoisotopic (exact) mass is 411 g/mol. The van der Waals surface area contributed by atoms with Crippen molar-refractivity contribution >= 4 is 33.8 Å². The molecule has 4 nitrogen and oxygen atoms in total. The highest BCUT2D eigenvalue weighted by atomic mass is 32.1. The van der Waals surface area contributed by atoms with E-state index in [2.05, 4.69) is 0 Å². The minimum absolute atomic E-state index is 0.165. The molecule has 3 rings (SSSR count). The number of esters is 1.